The van der Waals surface area contributed by atoms with Crippen LogP contribution >= 0.6 is 18.5 Å². The molecule has 5 nitrogen and oxygen atoms in total. The Bertz CT molecular complexity index is 661. The van der Waals surface area contributed by atoms with Crippen molar-refractivity contribution >= 4 is 18.5 Å². The summed E-state index contributed by atoms with van der Waals surface area (Å²) in [6.45, 7) is 0. The maximum Gasteiger partial charge on any atom is 0.329 e. The number of hydrogen-bond donors (Lipinski definition) is 3. The lowest BCUT2D eigenvalue weighted by molar-refractivity contribution is -0.0271. The second-order valence-corrected chi connectivity index (χ2v) is 6.24. The van der Waals surface area contributed by atoms with Gasteiger partial charge in [-0.1, -0.05) is 18.2 Å². The molecule has 0 bridgehead atoms. The van der Waals surface area contributed by atoms with Crippen LogP contribution in [0, 0.1) is 0 Å². The number of hydrogen-bond acceptors (Lipinski definition) is 5. The highest BCUT2D eigenvalue weighted by Crippen LogP contribution is 2.34. The average Bonchev–Trinajstić information content (AvgIpc) is 2.55. The van der Waals surface area contributed by atoms with Gasteiger partial charge in [0.25, 0.3) is 0 Å². The molecule has 0 fully saturated rings. The fraction of sp³-hybridized carbons (Fsp3) is 0.294. The maximum atomic E-state index is 9.64. The van der Waals surface area contributed by atoms with Crippen molar-refractivity contribution in [3.63, 3.8) is 0 Å². The van der Waals surface area contributed by atoms with Crippen LogP contribution in [-0.4, -0.2) is 14.9 Å². The van der Waals surface area contributed by atoms with Gasteiger partial charge in [-0.15, -0.1) is 0 Å². The van der Waals surface area contributed by atoms with Crippen molar-refractivity contribution in [2.24, 2.45) is 0 Å². The van der Waals surface area contributed by atoms with Crippen LogP contribution < -0.4 is 4.74 Å². The van der Waals surface area contributed by atoms with E-state index in [-0.39, 0.29) is 9.90 Å². The molecule has 1 aliphatic carbocycles. The first kappa shape index (κ1) is 19.3. The largest absolute Gasteiger partial charge is 0.457 e. The number of benzene rings is 2. The van der Waals surface area contributed by atoms with E-state index in [9.17, 15) is 5.11 Å². The van der Waals surface area contributed by atoms with Crippen molar-refractivity contribution in [1.82, 2.24) is 0 Å². The molecule has 0 aromatic heterocycles. The first-order valence-corrected chi connectivity index (χ1v) is 8.71. The number of rotatable bonds is 5. The molecule has 0 heterocycles. The standard InChI is InChI=1S/C17H19O5P.H3P/c18-17(22-23(19)20)13-6-8-15(9-7-13)21-16-10-5-12-3-1-2-4-14(12)11-16;/h5-11,17-20H,1-4H2;1H3. The molecule has 2 aromatic carbocycles. The van der Waals surface area contributed by atoms with Gasteiger partial charge in [-0.3, -0.25) is 4.52 Å². The van der Waals surface area contributed by atoms with Crippen molar-refractivity contribution in [3.05, 3.63) is 59.2 Å². The molecule has 130 valence electrons. The second kappa shape index (κ2) is 8.87. The summed E-state index contributed by atoms with van der Waals surface area (Å²) < 4.78 is 10.4. The summed E-state index contributed by atoms with van der Waals surface area (Å²) in [5.41, 5.74) is 3.19. The molecule has 2 unspecified atom stereocenters. The summed E-state index contributed by atoms with van der Waals surface area (Å²) in [5.74, 6) is 1.44. The van der Waals surface area contributed by atoms with E-state index in [2.05, 4.69) is 16.7 Å². The molecule has 0 amide bonds. The topological polar surface area (TPSA) is 79.2 Å². The zero-order valence-corrected chi connectivity index (χ0v) is 15.6. The first-order chi connectivity index (χ1) is 11.1. The summed E-state index contributed by atoms with van der Waals surface area (Å²) in [5, 5.41) is 9.64. The molecule has 1 aliphatic rings. The fourth-order valence-corrected chi connectivity index (χ4v) is 3.06. The SMILES string of the molecule is OC(OP(O)O)c1ccc(Oc2ccc3c(c2)CCCC3)cc1.P. The summed E-state index contributed by atoms with van der Waals surface area (Å²) in [4.78, 5) is 17.5. The van der Waals surface area contributed by atoms with Crippen LogP contribution in [-0.2, 0) is 17.4 Å². The van der Waals surface area contributed by atoms with E-state index < -0.39 is 14.9 Å². The minimum atomic E-state index is -2.60. The van der Waals surface area contributed by atoms with Crippen molar-refractivity contribution in [3.8, 4) is 11.5 Å². The van der Waals surface area contributed by atoms with Crippen LogP contribution in [0.5, 0.6) is 11.5 Å². The van der Waals surface area contributed by atoms with E-state index in [0.29, 0.717) is 11.3 Å². The number of ether oxygens (including phenoxy) is 1. The van der Waals surface area contributed by atoms with Gasteiger partial charge in [0.15, 0.2) is 6.29 Å². The molecule has 0 spiro atoms. The highest BCUT2D eigenvalue weighted by Gasteiger charge is 2.13. The molecule has 2 aromatic rings. The van der Waals surface area contributed by atoms with Crippen molar-refractivity contribution in [2.75, 3.05) is 0 Å². The van der Waals surface area contributed by atoms with Crippen LogP contribution in [0.4, 0.5) is 0 Å². The minimum absolute atomic E-state index is 0. The Morgan fingerprint density at radius 2 is 1.50 bits per heavy atom. The molecule has 2 atom stereocenters. The quantitative estimate of drug-likeness (QED) is 0.555. The summed E-state index contributed by atoms with van der Waals surface area (Å²) >= 11 is 0. The Kier molecular flexibility index (Phi) is 7.12. The Morgan fingerprint density at radius 1 is 0.875 bits per heavy atom. The Labute approximate surface area is 145 Å². The predicted octanol–water partition coefficient (Wildman–Crippen LogP) is 3.63. The first-order valence-electron chi connectivity index (χ1n) is 7.54. The molecule has 0 saturated heterocycles. The van der Waals surface area contributed by atoms with Gasteiger partial charge in [-0.25, -0.2) is 0 Å². The summed E-state index contributed by atoms with van der Waals surface area (Å²) in [7, 11) is -2.60. The van der Waals surface area contributed by atoms with Gasteiger partial charge < -0.3 is 19.6 Å². The van der Waals surface area contributed by atoms with Crippen LogP contribution in [0.25, 0.3) is 0 Å². The number of aliphatic hydroxyl groups excluding tert-OH is 1. The van der Waals surface area contributed by atoms with Crippen LogP contribution in [0.3, 0.4) is 0 Å². The van der Waals surface area contributed by atoms with Gasteiger partial charge in [0, 0.05) is 5.56 Å². The molecule has 0 radical (unpaired) electrons. The monoisotopic (exact) mass is 368 g/mol. The fourth-order valence-electron chi connectivity index (χ4n) is 2.76. The van der Waals surface area contributed by atoms with Gasteiger partial charge >= 0.3 is 8.60 Å². The van der Waals surface area contributed by atoms with E-state index in [1.165, 1.54) is 24.0 Å². The van der Waals surface area contributed by atoms with Crippen molar-refractivity contribution < 1.29 is 24.2 Å². The number of aryl methyl sites for hydroxylation is 2. The van der Waals surface area contributed by atoms with Crippen LogP contribution in [0.2, 0.25) is 0 Å². The molecule has 3 N–H and O–H groups in total. The lowest BCUT2D eigenvalue weighted by Gasteiger charge is -2.17. The van der Waals surface area contributed by atoms with Gasteiger partial charge in [0.2, 0.25) is 0 Å². The van der Waals surface area contributed by atoms with E-state index in [1.807, 2.05) is 6.07 Å². The Morgan fingerprint density at radius 3 is 2.17 bits per heavy atom. The lowest BCUT2D eigenvalue weighted by Crippen LogP contribution is -2.02. The van der Waals surface area contributed by atoms with E-state index in [0.717, 1.165) is 18.6 Å². The predicted molar refractivity (Wildman–Crippen MR) is 98.1 cm³/mol. The third kappa shape index (κ3) is 4.97. The summed E-state index contributed by atoms with van der Waals surface area (Å²) in [6.07, 6.45) is 3.35. The van der Waals surface area contributed by atoms with E-state index in [4.69, 9.17) is 14.5 Å². The normalized spacial score (nSPS) is 14.7. The van der Waals surface area contributed by atoms with Gasteiger partial charge in [-0.05, 0) is 61.1 Å². The van der Waals surface area contributed by atoms with Gasteiger partial charge in [-0.2, -0.15) is 9.90 Å². The molecule has 24 heavy (non-hydrogen) atoms. The molecule has 7 heteroatoms. The highest BCUT2D eigenvalue weighted by atomic mass is 31.2. The molecular weight excluding hydrogens is 346 g/mol. The molecular formula is C17H22O5P2. The average molecular weight is 368 g/mol. The van der Waals surface area contributed by atoms with Gasteiger partial charge in [0.05, 0.1) is 0 Å². The molecule has 3 rings (SSSR count). The maximum absolute atomic E-state index is 9.64. The highest BCUT2D eigenvalue weighted by molar-refractivity contribution is 7.39. The zero-order valence-electron chi connectivity index (χ0n) is 13.3. The number of aliphatic hydroxyl groups is 1. The second-order valence-electron chi connectivity index (χ2n) is 5.52. The van der Waals surface area contributed by atoms with Crippen LogP contribution in [0.15, 0.2) is 42.5 Å². The Hall–Kier alpha value is -1.06. The number of fused-ring (bicyclic) bond motifs is 1. The lowest BCUT2D eigenvalue weighted by atomic mass is 9.92. The van der Waals surface area contributed by atoms with Crippen molar-refractivity contribution in [2.45, 2.75) is 32.0 Å². The third-order valence-corrected chi connectivity index (χ3v) is 4.30. The third-order valence-electron chi connectivity index (χ3n) is 3.92. The minimum Gasteiger partial charge on any atom is -0.457 e. The van der Waals surface area contributed by atoms with Gasteiger partial charge in [0.1, 0.15) is 11.5 Å². The van der Waals surface area contributed by atoms with E-state index >= 15 is 0 Å². The van der Waals surface area contributed by atoms with Crippen molar-refractivity contribution in [1.29, 1.82) is 0 Å². The zero-order chi connectivity index (χ0) is 16.2. The Balaban J connectivity index is 0.00000208. The summed E-state index contributed by atoms with van der Waals surface area (Å²) in [6, 6.07) is 12.8. The van der Waals surface area contributed by atoms with E-state index in [1.54, 1.807) is 24.3 Å². The van der Waals surface area contributed by atoms with Crippen LogP contribution in [0.1, 0.15) is 35.8 Å². The smallest absolute Gasteiger partial charge is 0.329 e. The molecule has 0 aliphatic heterocycles. The molecule has 0 saturated carbocycles.